The average molecular weight is 299 g/mol. The lowest BCUT2D eigenvalue weighted by Gasteiger charge is -2.09. The van der Waals surface area contributed by atoms with E-state index in [0.29, 0.717) is 21.9 Å². The van der Waals surface area contributed by atoms with Crippen molar-refractivity contribution in [2.24, 2.45) is 0 Å². The van der Waals surface area contributed by atoms with Gasteiger partial charge in [0.1, 0.15) is 0 Å². The fraction of sp³-hybridized carbons (Fsp3) is 0.188. The van der Waals surface area contributed by atoms with Gasteiger partial charge in [-0.2, -0.15) is 0 Å². The molecule has 1 heterocycles. The fourth-order valence-electron chi connectivity index (χ4n) is 2.81. The molecule has 3 rings (SSSR count). The first-order chi connectivity index (χ1) is 10.5. The Balaban J connectivity index is 2.38. The van der Waals surface area contributed by atoms with Crippen LogP contribution in [0.15, 0.2) is 24.3 Å². The molecular weight excluding hydrogens is 286 g/mol. The summed E-state index contributed by atoms with van der Waals surface area (Å²) in [5.74, 6) is -1.87. The lowest BCUT2D eigenvalue weighted by atomic mass is 9.93. The van der Waals surface area contributed by atoms with Gasteiger partial charge in [0, 0.05) is 13.7 Å². The van der Waals surface area contributed by atoms with Crippen molar-refractivity contribution < 1.29 is 24.6 Å². The molecule has 0 atom stereocenters. The Morgan fingerprint density at radius 3 is 2.45 bits per heavy atom. The van der Waals surface area contributed by atoms with Crippen LogP contribution in [0.1, 0.15) is 36.6 Å². The van der Waals surface area contributed by atoms with Crippen molar-refractivity contribution >= 4 is 28.6 Å². The van der Waals surface area contributed by atoms with E-state index in [2.05, 4.69) is 0 Å². The first kappa shape index (κ1) is 14.2. The maximum Gasteiger partial charge on any atom is 0.335 e. The summed E-state index contributed by atoms with van der Waals surface area (Å²) in [4.78, 5) is 36.7. The number of aliphatic hydroxyl groups is 1. The zero-order chi connectivity index (χ0) is 16.0. The lowest BCUT2D eigenvalue weighted by molar-refractivity contribution is 0.0682. The van der Waals surface area contributed by atoms with E-state index < -0.39 is 17.8 Å². The van der Waals surface area contributed by atoms with Crippen molar-refractivity contribution in [1.29, 1.82) is 0 Å². The van der Waals surface area contributed by atoms with Crippen molar-refractivity contribution in [1.82, 2.24) is 4.90 Å². The number of carbonyl (C=O) groups excluding carboxylic acids is 2. The highest BCUT2D eigenvalue weighted by Crippen LogP contribution is 2.33. The molecule has 0 spiro atoms. The van der Waals surface area contributed by atoms with E-state index in [1.165, 1.54) is 19.2 Å². The van der Waals surface area contributed by atoms with E-state index in [1.807, 2.05) is 0 Å². The normalized spacial score (nSPS) is 13.8. The van der Waals surface area contributed by atoms with Crippen molar-refractivity contribution in [2.75, 3.05) is 13.7 Å². The van der Waals surface area contributed by atoms with Gasteiger partial charge in [-0.15, -0.1) is 0 Å². The summed E-state index contributed by atoms with van der Waals surface area (Å²) in [6.45, 7) is -0.165. The molecule has 2 aromatic rings. The minimum Gasteiger partial charge on any atom is -0.478 e. The second-order valence-corrected chi connectivity index (χ2v) is 5.17. The molecule has 6 nitrogen and oxygen atoms in total. The molecular formula is C16H13NO5. The Hall–Kier alpha value is -2.73. The van der Waals surface area contributed by atoms with Gasteiger partial charge in [0.2, 0.25) is 0 Å². The Morgan fingerprint density at radius 2 is 1.82 bits per heavy atom. The molecule has 0 fully saturated rings. The molecule has 0 saturated carbocycles. The number of hydrogen-bond acceptors (Lipinski definition) is 4. The van der Waals surface area contributed by atoms with Crippen molar-refractivity contribution in [3.63, 3.8) is 0 Å². The highest BCUT2D eigenvalue weighted by atomic mass is 16.4. The maximum absolute atomic E-state index is 12.3. The summed E-state index contributed by atoms with van der Waals surface area (Å²) in [5, 5.41) is 19.4. The molecule has 0 aromatic heterocycles. The summed E-state index contributed by atoms with van der Waals surface area (Å²) in [5.41, 5.74) is 1.24. The summed E-state index contributed by atoms with van der Waals surface area (Å²) < 4.78 is 0. The third kappa shape index (κ3) is 1.88. The van der Waals surface area contributed by atoms with E-state index in [1.54, 1.807) is 12.1 Å². The number of nitrogens with zero attached hydrogens (tertiary/aromatic N) is 1. The number of carboxylic acids is 1. The first-order valence-electron chi connectivity index (χ1n) is 6.72. The van der Waals surface area contributed by atoms with Gasteiger partial charge < -0.3 is 10.2 Å². The van der Waals surface area contributed by atoms with Crippen LogP contribution in [-0.2, 0) is 6.42 Å². The van der Waals surface area contributed by atoms with Crippen LogP contribution in [0.25, 0.3) is 10.8 Å². The predicted molar refractivity (Wildman–Crippen MR) is 78.1 cm³/mol. The Bertz CT molecular complexity index is 840. The van der Waals surface area contributed by atoms with Gasteiger partial charge in [0.15, 0.2) is 0 Å². The number of carboxylic acid groups (broad SMARTS) is 1. The van der Waals surface area contributed by atoms with Crippen molar-refractivity contribution in [3.05, 3.63) is 46.5 Å². The van der Waals surface area contributed by atoms with Crippen LogP contribution in [-0.4, -0.2) is 46.6 Å². The molecule has 0 aliphatic carbocycles. The van der Waals surface area contributed by atoms with Crippen LogP contribution >= 0.6 is 0 Å². The quantitative estimate of drug-likeness (QED) is 0.833. The lowest BCUT2D eigenvalue weighted by Crippen LogP contribution is -2.24. The van der Waals surface area contributed by atoms with Crippen LogP contribution in [0, 0.1) is 0 Å². The fourth-order valence-corrected chi connectivity index (χ4v) is 2.81. The highest BCUT2D eigenvalue weighted by molar-refractivity contribution is 6.27. The van der Waals surface area contributed by atoms with E-state index >= 15 is 0 Å². The van der Waals surface area contributed by atoms with Gasteiger partial charge >= 0.3 is 5.97 Å². The molecule has 22 heavy (non-hydrogen) atoms. The molecule has 0 saturated heterocycles. The van der Waals surface area contributed by atoms with Crippen LogP contribution < -0.4 is 0 Å². The van der Waals surface area contributed by atoms with E-state index in [0.717, 1.165) is 4.90 Å². The van der Waals surface area contributed by atoms with Gasteiger partial charge in [-0.25, -0.2) is 4.79 Å². The molecule has 2 aromatic carbocycles. The number of amides is 2. The smallest absolute Gasteiger partial charge is 0.335 e. The second kappa shape index (κ2) is 4.92. The molecule has 0 radical (unpaired) electrons. The molecule has 1 aliphatic heterocycles. The third-order valence-corrected chi connectivity index (χ3v) is 3.89. The van der Waals surface area contributed by atoms with Gasteiger partial charge in [-0.05, 0) is 34.9 Å². The Kier molecular flexibility index (Phi) is 3.18. The number of carbonyl (C=O) groups is 3. The number of aromatic carboxylic acids is 1. The number of imide groups is 1. The largest absolute Gasteiger partial charge is 0.478 e. The Morgan fingerprint density at radius 1 is 1.14 bits per heavy atom. The minimum atomic E-state index is -1.06. The van der Waals surface area contributed by atoms with Crippen LogP contribution in [0.5, 0.6) is 0 Å². The highest BCUT2D eigenvalue weighted by Gasteiger charge is 2.36. The molecule has 2 N–H and O–H groups in total. The zero-order valence-electron chi connectivity index (χ0n) is 11.8. The van der Waals surface area contributed by atoms with E-state index in [9.17, 15) is 19.5 Å². The SMILES string of the molecule is CN1C(=O)c2c(CCO)cc3cc(C(=O)O)ccc3c2C1=O. The number of hydrogen-bond donors (Lipinski definition) is 2. The average Bonchev–Trinajstić information content (AvgIpc) is 2.72. The van der Waals surface area contributed by atoms with Gasteiger partial charge in [-0.1, -0.05) is 12.1 Å². The van der Waals surface area contributed by atoms with Gasteiger partial charge in [0.05, 0.1) is 16.7 Å². The van der Waals surface area contributed by atoms with Crippen molar-refractivity contribution in [3.8, 4) is 0 Å². The van der Waals surface area contributed by atoms with Crippen LogP contribution in [0.3, 0.4) is 0 Å². The third-order valence-electron chi connectivity index (χ3n) is 3.89. The standard InChI is InChI=1S/C16H13NO5/c1-17-14(19)12-8(4-5-18)6-10-7-9(16(21)22)2-3-11(10)13(12)15(17)20/h2-3,6-7,18H,4-5H2,1H3,(H,21,22). The maximum atomic E-state index is 12.3. The minimum absolute atomic E-state index is 0.104. The number of benzene rings is 2. The van der Waals surface area contributed by atoms with E-state index in [4.69, 9.17) is 5.11 Å². The second-order valence-electron chi connectivity index (χ2n) is 5.17. The molecule has 1 aliphatic rings. The van der Waals surface area contributed by atoms with Crippen LogP contribution in [0.2, 0.25) is 0 Å². The zero-order valence-corrected chi connectivity index (χ0v) is 11.8. The Labute approximate surface area is 125 Å². The summed E-state index contributed by atoms with van der Waals surface area (Å²) in [7, 11) is 1.41. The molecule has 0 bridgehead atoms. The number of fused-ring (bicyclic) bond motifs is 3. The van der Waals surface area contributed by atoms with Gasteiger partial charge in [-0.3, -0.25) is 14.5 Å². The number of aliphatic hydroxyl groups excluding tert-OH is 1. The molecule has 2 amide bonds. The summed E-state index contributed by atoms with van der Waals surface area (Å²) in [6, 6.07) is 6.09. The molecule has 0 unspecified atom stereocenters. The van der Waals surface area contributed by atoms with Crippen molar-refractivity contribution in [2.45, 2.75) is 6.42 Å². The molecule has 112 valence electrons. The molecule has 6 heteroatoms. The summed E-state index contributed by atoms with van der Waals surface area (Å²) in [6.07, 6.45) is 0.225. The first-order valence-corrected chi connectivity index (χ1v) is 6.72. The van der Waals surface area contributed by atoms with Gasteiger partial charge in [0.25, 0.3) is 11.8 Å². The monoisotopic (exact) mass is 299 g/mol. The van der Waals surface area contributed by atoms with E-state index in [-0.39, 0.29) is 24.2 Å². The topological polar surface area (TPSA) is 94.9 Å². The summed E-state index contributed by atoms with van der Waals surface area (Å²) >= 11 is 0. The predicted octanol–water partition coefficient (Wildman–Crippen LogP) is 1.30. The number of rotatable bonds is 3. The van der Waals surface area contributed by atoms with Crippen LogP contribution in [0.4, 0.5) is 0 Å².